The average molecular weight is 223 g/mol. The molecule has 1 heterocycles. The normalized spacial score (nSPS) is 20.2. The Morgan fingerprint density at radius 1 is 1.56 bits per heavy atom. The molecule has 4 heteroatoms. The summed E-state index contributed by atoms with van der Waals surface area (Å²) in [4.78, 5) is 13.4. The smallest absolute Gasteiger partial charge is 0.256 e. The molecule has 0 spiro atoms. The van der Waals surface area contributed by atoms with E-state index < -0.39 is 11.9 Å². The number of nitrogens with zero attached hydrogens (tertiary/aromatic N) is 1. The first kappa shape index (κ1) is 11.1. The molecule has 1 aliphatic heterocycles. The molecule has 0 aromatic heterocycles. The Morgan fingerprint density at radius 2 is 2.31 bits per heavy atom. The highest BCUT2D eigenvalue weighted by Crippen LogP contribution is 2.17. The second kappa shape index (κ2) is 4.22. The number of benzene rings is 1. The van der Waals surface area contributed by atoms with Crippen molar-refractivity contribution in [2.24, 2.45) is 0 Å². The van der Waals surface area contributed by atoms with Crippen LogP contribution in [0.25, 0.3) is 0 Å². The molecule has 0 unspecified atom stereocenters. The van der Waals surface area contributed by atoms with Crippen LogP contribution in [0, 0.1) is 12.7 Å². The van der Waals surface area contributed by atoms with Crippen molar-refractivity contribution >= 4 is 5.91 Å². The zero-order chi connectivity index (χ0) is 11.7. The molecule has 3 nitrogen and oxygen atoms in total. The predicted octanol–water partition coefficient (Wildman–Crippen LogP) is 1.34. The summed E-state index contributed by atoms with van der Waals surface area (Å²) in [7, 11) is 0. The van der Waals surface area contributed by atoms with E-state index in [9.17, 15) is 14.3 Å². The monoisotopic (exact) mass is 223 g/mol. The molecule has 1 atom stereocenters. The van der Waals surface area contributed by atoms with Crippen molar-refractivity contribution in [3.8, 4) is 0 Å². The molecule has 0 radical (unpaired) electrons. The minimum atomic E-state index is -0.475. The Hall–Kier alpha value is -1.42. The summed E-state index contributed by atoms with van der Waals surface area (Å²) in [5.74, 6) is -0.799. The highest BCUT2D eigenvalue weighted by Gasteiger charge is 2.27. The van der Waals surface area contributed by atoms with Crippen molar-refractivity contribution in [1.82, 2.24) is 4.90 Å². The van der Waals surface area contributed by atoms with Gasteiger partial charge in [-0.05, 0) is 25.0 Å². The van der Waals surface area contributed by atoms with Crippen LogP contribution in [-0.2, 0) is 0 Å². The van der Waals surface area contributed by atoms with Crippen LogP contribution in [0.5, 0.6) is 0 Å². The Morgan fingerprint density at radius 3 is 2.94 bits per heavy atom. The molecule has 1 fully saturated rings. The summed E-state index contributed by atoms with van der Waals surface area (Å²) in [6, 6.07) is 4.78. The summed E-state index contributed by atoms with van der Waals surface area (Å²) in [6.45, 7) is 2.42. The lowest BCUT2D eigenvalue weighted by molar-refractivity contribution is 0.0760. The summed E-state index contributed by atoms with van der Waals surface area (Å²) in [5.41, 5.74) is 0.555. The van der Waals surface area contributed by atoms with Gasteiger partial charge in [0.05, 0.1) is 11.7 Å². The lowest BCUT2D eigenvalue weighted by atomic mass is 10.1. The minimum Gasteiger partial charge on any atom is -0.391 e. The van der Waals surface area contributed by atoms with Crippen molar-refractivity contribution in [2.45, 2.75) is 19.4 Å². The number of amides is 1. The van der Waals surface area contributed by atoms with Crippen LogP contribution in [0.4, 0.5) is 4.39 Å². The fraction of sp³-hybridized carbons (Fsp3) is 0.417. The van der Waals surface area contributed by atoms with Gasteiger partial charge < -0.3 is 10.0 Å². The van der Waals surface area contributed by atoms with Gasteiger partial charge in [0, 0.05) is 13.1 Å². The van der Waals surface area contributed by atoms with E-state index in [1.807, 2.05) is 0 Å². The second-order valence-electron chi connectivity index (χ2n) is 4.13. The van der Waals surface area contributed by atoms with Crippen molar-refractivity contribution < 1.29 is 14.3 Å². The highest BCUT2D eigenvalue weighted by atomic mass is 19.1. The van der Waals surface area contributed by atoms with E-state index in [0.717, 1.165) is 0 Å². The maximum atomic E-state index is 13.7. The number of likely N-dealkylation sites (tertiary alicyclic amines) is 1. The zero-order valence-electron chi connectivity index (χ0n) is 9.11. The quantitative estimate of drug-likeness (QED) is 0.780. The molecular weight excluding hydrogens is 209 g/mol. The van der Waals surface area contributed by atoms with E-state index >= 15 is 0 Å². The van der Waals surface area contributed by atoms with Gasteiger partial charge >= 0.3 is 0 Å². The van der Waals surface area contributed by atoms with Crippen LogP contribution >= 0.6 is 0 Å². The SMILES string of the molecule is Cc1cccc(C(=O)N2CC[C@H](O)C2)c1F. The molecule has 0 aliphatic carbocycles. The molecule has 86 valence electrons. The largest absolute Gasteiger partial charge is 0.391 e. The number of carbonyl (C=O) groups is 1. The molecule has 0 bridgehead atoms. The first-order valence-corrected chi connectivity index (χ1v) is 5.32. The molecule has 1 N–H and O–H groups in total. The van der Waals surface area contributed by atoms with Crippen LogP contribution in [0.15, 0.2) is 18.2 Å². The second-order valence-corrected chi connectivity index (χ2v) is 4.13. The van der Waals surface area contributed by atoms with Gasteiger partial charge in [0.25, 0.3) is 5.91 Å². The summed E-state index contributed by atoms with van der Waals surface area (Å²) in [6.07, 6.45) is 0.0935. The molecule has 1 saturated heterocycles. The first-order chi connectivity index (χ1) is 7.59. The molecule has 1 aromatic carbocycles. The summed E-state index contributed by atoms with van der Waals surface area (Å²) >= 11 is 0. The van der Waals surface area contributed by atoms with Gasteiger partial charge in [0.1, 0.15) is 5.82 Å². The van der Waals surface area contributed by atoms with E-state index in [1.54, 1.807) is 19.1 Å². The number of aryl methyl sites for hydroxylation is 1. The van der Waals surface area contributed by atoms with Crippen LogP contribution < -0.4 is 0 Å². The maximum absolute atomic E-state index is 13.7. The van der Waals surface area contributed by atoms with Crippen molar-refractivity contribution in [3.63, 3.8) is 0 Å². The van der Waals surface area contributed by atoms with E-state index in [4.69, 9.17) is 0 Å². The highest BCUT2D eigenvalue weighted by molar-refractivity contribution is 5.94. The summed E-state index contributed by atoms with van der Waals surface area (Å²) < 4.78 is 13.7. The molecular formula is C12H14FNO2. The van der Waals surface area contributed by atoms with Crippen molar-refractivity contribution in [2.75, 3.05) is 13.1 Å². The Balaban J connectivity index is 2.24. The Kier molecular flexibility index (Phi) is 2.92. The van der Waals surface area contributed by atoms with Crippen LogP contribution in [-0.4, -0.2) is 35.1 Å². The molecule has 0 saturated carbocycles. The van der Waals surface area contributed by atoms with Gasteiger partial charge in [-0.25, -0.2) is 4.39 Å². The fourth-order valence-electron chi connectivity index (χ4n) is 1.91. The first-order valence-electron chi connectivity index (χ1n) is 5.32. The molecule has 1 aromatic rings. The van der Waals surface area contributed by atoms with Gasteiger partial charge in [-0.1, -0.05) is 12.1 Å². The van der Waals surface area contributed by atoms with Gasteiger partial charge in [-0.3, -0.25) is 4.79 Å². The molecule has 16 heavy (non-hydrogen) atoms. The maximum Gasteiger partial charge on any atom is 0.256 e. The summed E-state index contributed by atoms with van der Waals surface area (Å²) in [5, 5.41) is 9.33. The van der Waals surface area contributed by atoms with E-state index in [-0.39, 0.29) is 11.5 Å². The van der Waals surface area contributed by atoms with Crippen LogP contribution in [0.1, 0.15) is 22.3 Å². The number of hydrogen-bond donors (Lipinski definition) is 1. The number of aliphatic hydroxyl groups excluding tert-OH is 1. The topological polar surface area (TPSA) is 40.5 Å². The standard InChI is InChI=1S/C12H14FNO2/c1-8-3-2-4-10(11(8)13)12(16)14-6-5-9(15)7-14/h2-4,9,15H,5-7H2,1H3/t9-/m0/s1. The zero-order valence-corrected chi connectivity index (χ0v) is 9.11. The van der Waals surface area contributed by atoms with Crippen molar-refractivity contribution in [3.05, 3.63) is 35.1 Å². The van der Waals surface area contributed by atoms with Gasteiger partial charge in [0.2, 0.25) is 0 Å². The van der Waals surface area contributed by atoms with Gasteiger partial charge in [-0.15, -0.1) is 0 Å². The van der Waals surface area contributed by atoms with Crippen LogP contribution in [0.3, 0.4) is 0 Å². The third-order valence-electron chi connectivity index (χ3n) is 2.87. The number of halogens is 1. The van der Waals surface area contributed by atoms with E-state index in [1.165, 1.54) is 11.0 Å². The van der Waals surface area contributed by atoms with Crippen molar-refractivity contribution in [1.29, 1.82) is 0 Å². The number of β-amino-alcohol motifs (C(OH)–C–C–N with tert-alkyl or cyclic N) is 1. The lowest BCUT2D eigenvalue weighted by Crippen LogP contribution is -2.30. The van der Waals surface area contributed by atoms with Gasteiger partial charge in [-0.2, -0.15) is 0 Å². The lowest BCUT2D eigenvalue weighted by Gasteiger charge is -2.16. The molecule has 1 aliphatic rings. The third-order valence-corrected chi connectivity index (χ3v) is 2.87. The number of carbonyl (C=O) groups excluding carboxylic acids is 1. The molecule has 1 amide bonds. The number of aliphatic hydroxyl groups is 1. The minimum absolute atomic E-state index is 0.0918. The average Bonchev–Trinajstić information content (AvgIpc) is 2.68. The fourth-order valence-corrected chi connectivity index (χ4v) is 1.91. The number of rotatable bonds is 1. The third kappa shape index (κ3) is 1.93. The molecule has 2 rings (SSSR count). The van der Waals surface area contributed by atoms with E-state index in [0.29, 0.717) is 25.1 Å². The van der Waals surface area contributed by atoms with E-state index in [2.05, 4.69) is 0 Å². The number of hydrogen-bond acceptors (Lipinski definition) is 2. The van der Waals surface area contributed by atoms with Gasteiger partial charge in [0.15, 0.2) is 0 Å². The Bertz CT molecular complexity index is 419. The van der Waals surface area contributed by atoms with Crippen LogP contribution in [0.2, 0.25) is 0 Å². The Labute approximate surface area is 93.5 Å². The predicted molar refractivity (Wildman–Crippen MR) is 57.7 cm³/mol.